The molecule has 0 aliphatic heterocycles. The maximum absolute atomic E-state index is 8.48. The van der Waals surface area contributed by atoms with Crippen LogP contribution in [0.1, 0.15) is 13.8 Å². The average Bonchev–Trinajstić information content (AvgIpc) is 2.22. The molecule has 0 aromatic rings. The molecule has 6 heteroatoms. The Morgan fingerprint density at radius 1 is 0.929 bits per heavy atom. The van der Waals surface area contributed by atoms with E-state index in [-0.39, 0.29) is 11.4 Å². The van der Waals surface area contributed by atoms with Gasteiger partial charge in [-0.25, -0.2) is 0 Å². The Bertz CT molecular complexity index is 264. The lowest BCUT2D eigenvalue weighted by Crippen LogP contribution is -2.14. The number of nitrogens with one attached hydrogen (secondary N) is 2. The molecule has 0 aromatic heterocycles. The lowest BCUT2D eigenvalue weighted by atomic mass is 10.3. The molecule has 0 amide bonds. The van der Waals surface area contributed by atoms with E-state index in [1.807, 2.05) is 11.0 Å². The van der Waals surface area contributed by atoms with E-state index in [1.165, 1.54) is 0 Å². The molecule has 0 bridgehead atoms. The van der Waals surface area contributed by atoms with Crippen LogP contribution in [0, 0.1) is 0 Å². The first kappa shape index (κ1) is 12.3. The summed E-state index contributed by atoms with van der Waals surface area (Å²) in [5.41, 5.74) is 5.06. The van der Waals surface area contributed by atoms with Crippen LogP contribution in [0.15, 0.2) is 34.8 Å². The Labute approximate surface area is 82.3 Å². The van der Waals surface area contributed by atoms with Crippen molar-refractivity contribution in [3.8, 4) is 0 Å². The van der Waals surface area contributed by atoms with Gasteiger partial charge in [0.15, 0.2) is 0 Å². The first-order valence-corrected chi connectivity index (χ1v) is 3.80. The zero-order valence-corrected chi connectivity index (χ0v) is 8.20. The first-order chi connectivity index (χ1) is 6.52. The summed E-state index contributed by atoms with van der Waals surface area (Å²) in [4.78, 5) is 0. The minimum Gasteiger partial charge on any atom is -0.291 e. The zero-order valence-electron chi connectivity index (χ0n) is 8.20. The van der Waals surface area contributed by atoms with Crippen LogP contribution in [-0.2, 0) is 0 Å². The van der Waals surface area contributed by atoms with Gasteiger partial charge in [0.2, 0.25) is 0 Å². The molecule has 0 heterocycles. The van der Waals surface area contributed by atoms with E-state index in [0.29, 0.717) is 11.4 Å². The zero-order chi connectivity index (χ0) is 11.1. The molecule has 0 spiro atoms. The number of rotatable bonds is 5. The fraction of sp³-hybridized carbons (Fsp3) is 0.250. The Hall–Kier alpha value is -1.66. The highest BCUT2D eigenvalue weighted by molar-refractivity contribution is 5.99. The summed E-state index contributed by atoms with van der Waals surface area (Å²) in [6.07, 6.45) is 0. The second-order valence-corrected chi connectivity index (χ2v) is 2.55. The third-order valence-corrected chi connectivity index (χ3v) is 1.49. The van der Waals surface area contributed by atoms with E-state index >= 15 is 0 Å². The van der Waals surface area contributed by atoms with Crippen LogP contribution in [0.3, 0.4) is 0 Å². The number of allylic oxidation sites excluding steroid dienone is 2. The highest BCUT2D eigenvalue weighted by Crippen LogP contribution is 1.93. The molecule has 0 atom stereocenters. The van der Waals surface area contributed by atoms with Gasteiger partial charge in [-0.3, -0.25) is 21.4 Å². The second-order valence-electron chi connectivity index (χ2n) is 2.55. The number of hydrogen-bond donors (Lipinski definition) is 4. The van der Waals surface area contributed by atoms with Gasteiger partial charge < -0.3 is 0 Å². The average molecular weight is 198 g/mol. The van der Waals surface area contributed by atoms with Crippen molar-refractivity contribution in [3.63, 3.8) is 0 Å². The number of hydrogen-bond acceptors (Lipinski definition) is 6. The van der Waals surface area contributed by atoms with Crippen LogP contribution in [0.25, 0.3) is 0 Å². The number of nitrogens with zero attached hydrogens (tertiary/aromatic N) is 2. The van der Waals surface area contributed by atoms with Crippen molar-refractivity contribution < 1.29 is 10.4 Å². The Morgan fingerprint density at radius 2 is 1.21 bits per heavy atom. The number of hydroxylamine groups is 2. The summed E-state index contributed by atoms with van der Waals surface area (Å²) in [6.45, 7) is 10.2. The van der Waals surface area contributed by atoms with E-state index < -0.39 is 0 Å². The molecule has 0 saturated heterocycles. The van der Waals surface area contributed by atoms with Gasteiger partial charge in [-0.15, -0.1) is 0 Å². The van der Waals surface area contributed by atoms with Gasteiger partial charge in [-0.1, -0.05) is 13.2 Å². The Balaban J connectivity index is 4.53. The van der Waals surface area contributed by atoms with Crippen LogP contribution in [-0.4, -0.2) is 21.8 Å². The molecule has 6 nitrogen and oxygen atoms in total. The van der Waals surface area contributed by atoms with Gasteiger partial charge in [0.1, 0.15) is 0 Å². The Kier molecular flexibility index (Phi) is 5.20. The molecule has 0 rings (SSSR count). The normalized spacial score (nSPS) is 12.3. The highest BCUT2D eigenvalue weighted by Gasteiger charge is 1.97. The predicted molar refractivity (Wildman–Crippen MR) is 54.3 cm³/mol. The van der Waals surface area contributed by atoms with Crippen LogP contribution in [0.5, 0.6) is 0 Å². The fourth-order valence-electron chi connectivity index (χ4n) is 0.433. The van der Waals surface area contributed by atoms with Gasteiger partial charge in [0.25, 0.3) is 0 Å². The second kappa shape index (κ2) is 5.90. The molecule has 0 radical (unpaired) electrons. The fourth-order valence-corrected chi connectivity index (χ4v) is 0.433. The monoisotopic (exact) mass is 198 g/mol. The van der Waals surface area contributed by atoms with Crippen molar-refractivity contribution in [2.24, 2.45) is 10.2 Å². The molecule has 0 unspecified atom stereocenters. The van der Waals surface area contributed by atoms with E-state index in [4.69, 9.17) is 10.4 Å². The maximum atomic E-state index is 8.48. The van der Waals surface area contributed by atoms with Crippen molar-refractivity contribution in [3.05, 3.63) is 24.6 Å². The summed E-state index contributed by atoms with van der Waals surface area (Å²) in [5, 5.41) is 24.4. The molecular weight excluding hydrogens is 184 g/mol. The van der Waals surface area contributed by atoms with Gasteiger partial charge >= 0.3 is 0 Å². The van der Waals surface area contributed by atoms with Gasteiger partial charge in [-0.2, -0.15) is 10.2 Å². The van der Waals surface area contributed by atoms with Gasteiger partial charge in [0, 0.05) is 0 Å². The van der Waals surface area contributed by atoms with Crippen LogP contribution >= 0.6 is 0 Å². The summed E-state index contributed by atoms with van der Waals surface area (Å²) < 4.78 is 0. The topological polar surface area (TPSA) is 89.2 Å². The Morgan fingerprint density at radius 3 is 1.43 bits per heavy atom. The lowest BCUT2D eigenvalue weighted by molar-refractivity contribution is 0.207. The maximum Gasteiger partial charge on any atom is 0.0847 e. The van der Waals surface area contributed by atoms with E-state index in [2.05, 4.69) is 23.4 Å². The predicted octanol–water partition coefficient (Wildman–Crippen LogP) is 0.808. The molecule has 0 fully saturated rings. The lowest BCUT2D eigenvalue weighted by Gasteiger charge is -2.02. The third-order valence-electron chi connectivity index (χ3n) is 1.49. The molecule has 0 aromatic carbocycles. The van der Waals surface area contributed by atoms with Crippen LogP contribution in [0.2, 0.25) is 0 Å². The standard InChI is InChI=1S/C8H14N4O2/c1-5(7(3)11-13)9-10-6(2)8(4)12-14/h11-14H,3-4H2,1-2H3. The minimum absolute atomic E-state index is 0.254. The van der Waals surface area contributed by atoms with Crippen molar-refractivity contribution in [1.82, 2.24) is 11.0 Å². The smallest absolute Gasteiger partial charge is 0.0847 e. The van der Waals surface area contributed by atoms with Gasteiger partial charge in [0.05, 0.1) is 22.8 Å². The summed E-state index contributed by atoms with van der Waals surface area (Å²) in [7, 11) is 0. The summed E-state index contributed by atoms with van der Waals surface area (Å²) >= 11 is 0. The van der Waals surface area contributed by atoms with Crippen LogP contribution in [0.4, 0.5) is 0 Å². The summed E-state index contributed by atoms with van der Waals surface area (Å²) in [6, 6.07) is 0. The van der Waals surface area contributed by atoms with Gasteiger partial charge in [-0.05, 0) is 13.8 Å². The molecule has 78 valence electrons. The molecular formula is C8H14N4O2. The quantitative estimate of drug-likeness (QED) is 0.388. The summed E-state index contributed by atoms with van der Waals surface area (Å²) in [5.74, 6) is 0. The van der Waals surface area contributed by atoms with E-state index in [0.717, 1.165) is 0 Å². The van der Waals surface area contributed by atoms with Crippen molar-refractivity contribution in [2.75, 3.05) is 0 Å². The SMILES string of the molecule is C=C(NO)C(C)=NN=C(C)C(=C)NO. The van der Waals surface area contributed by atoms with Crippen LogP contribution < -0.4 is 11.0 Å². The molecule has 0 aliphatic rings. The van der Waals surface area contributed by atoms with Crippen molar-refractivity contribution in [2.45, 2.75) is 13.8 Å². The van der Waals surface area contributed by atoms with E-state index in [1.54, 1.807) is 13.8 Å². The van der Waals surface area contributed by atoms with Crippen molar-refractivity contribution in [1.29, 1.82) is 0 Å². The highest BCUT2D eigenvalue weighted by atomic mass is 16.5. The van der Waals surface area contributed by atoms with E-state index in [9.17, 15) is 0 Å². The first-order valence-electron chi connectivity index (χ1n) is 3.80. The molecule has 14 heavy (non-hydrogen) atoms. The minimum atomic E-state index is 0.254. The third kappa shape index (κ3) is 3.83. The van der Waals surface area contributed by atoms with Crippen molar-refractivity contribution >= 4 is 11.4 Å². The molecule has 0 saturated carbocycles. The molecule has 4 N–H and O–H groups in total. The largest absolute Gasteiger partial charge is 0.291 e. The molecule has 0 aliphatic carbocycles.